The van der Waals surface area contributed by atoms with Crippen LogP contribution in [0.3, 0.4) is 0 Å². The zero-order valence-electron chi connectivity index (χ0n) is 34.4. The Balaban J connectivity index is 3.86. The van der Waals surface area contributed by atoms with Crippen molar-refractivity contribution >= 4 is 16.0 Å². The molecule has 2 atom stereocenters. The summed E-state index contributed by atoms with van der Waals surface area (Å²) in [6.45, 7) is 4.53. The molecule has 0 radical (unpaired) electrons. The number of carbonyl (C=O) groups excluding carboxylic acids is 1. The van der Waals surface area contributed by atoms with Crippen molar-refractivity contribution in [1.29, 1.82) is 0 Å². The minimum Gasteiger partial charge on any atom is -0.387 e. The topological polar surface area (TPSA) is 104 Å². The highest BCUT2D eigenvalue weighted by molar-refractivity contribution is 7.85. The van der Waals surface area contributed by atoms with Gasteiger partial charge in [0.2, 0.25) is 5.91 Å². The lowest BCUT2D eigenvalue weighted by Crippen LogP contribution is -2.46. The lowest BCUT2D eigenvalue weighted by molar-refractivity contribution is -0.122. The summed E-state index contributed by atoms with van der Waals surface area (Å²) in [5.41, 5.74) is 0. The van der Waals surface area contributed by atoms with E-state index < -0.39 is 28.0 Å². The summed E-state index contributed by atoms with van der Waals surface area (Å²) in [6.07, 6.45) is 50.2. The zero-order valence-corrected chi connectivity index (χ0v) is 35.3. The van der Waals surface area contributed by atoms with E-state index in [4.69, 9.17) is 0 Å². The number of rotatable bonds is 41. The maximum Gasteiger partial charge on any atom is 0.267 e. The molecule has 3 N–H and O–H groups in total. The molecule has 7 heteroatoms. The average molecular weight is 754 g/mol. The second kappa shape index (κ2) is 39.5. The van der Waals surface area contributed by atoms with E-state index in [0.29, 0.717) is 6.42 Å². The van der Waals surface area contributed by atoms with E-state index in [1.807, 2.05) is 6.08 Å². The lowest BCUT2D eigenvalue weighted by Gasteiger charge is -2.21. The highest BCUT2D eigenvalue weighted by Gasteiger charge is 2.24. The van der Waals surface area contributed by atoms with E-state index in [9.17, 15) is 22.9 Å². The number of allylic oxidation sites excluding steroid dienone is 3. The second-order valence-electron chi connectivity index (χ2n) is 15.7. The van der Waals surface area contributed by atoms with Crippen LogP contribution in [0.4, 0.5) is 0 Å². The molecule has 0 bridgehead atoms. The van der Waals surface area contributed by atoms with Crippen molar-refractivity contribution < 1.29 is 22.9 Å². The van der Waals surface area contributed by atoms with E-state index in [1.54, 1.807) is 6.08 Å². The van der Waals surface area contributed by atoms with Gasteiger partial charge in [0.05, 0.1) is 17.9 Å². The Bertz CT molecular complexity index is 919. The van der Waals surface area contributed by atoms with Crippen molar-refractivity contribution in [3.8, 4) is 0 Å². The monoisotopic (exact) mass is 754 g/mol. The maximum absolute atomic E-state index is 12.5. The van der Waals surface area contributed by atoms with Crippen LogP contribution in [0, 0.1) is 0 Å². The van der Waals surface area contributed by atoms with Crippen molar-refractivity contribution in [2.24, 2.45) is 0 Å². The number of carbonyl (C=O) groups is 1. The van der Waals surface area contributed by atoms with Crippen LogP contribution >= 0.6 is 0 Å². The Hall–Kier alpha value is -1.18. The van der Waals surface area contributed by atoms with Crippen molar-refractivity contribution in [2.75, 3.05) is 5.75 Å². The van der Waals surface area contributed by atoms with Gasteiger partial charge in [0, 0.05) is 6.42 Å². The molecule has 0 spiro atoms. The first-order chi connectivity index (χ1) is 25.3. The number of unbranched alkanes of at least 4 members (excludes halogenated alkanes) is 31. The molecule has 0 fully saturated rings. The van der Waals surface area contributed by atoms with Crippen molar-refractivity contribution in [3.63, 3.8) is 0 Å². The maximum atomic E-state index is 12.5. The number of hydrogen-bond donors (Lipinski definition) is 3. The van der Waals surface area contributed by atoms with Crippen LogP contribution < -0.4 is 5.32 Å². The Morgan fingerprint density at radius 1 is 0.500 bits per heavy atom. The predicted octanol–water partition coefficient (Wildman–Crippen LogP) is 13.5. The molecule has 1 amide bonds. The van der Waals surface area contributed by atoms with Gasteiger partial charge in [-0.2, -0.15) is 8.42 Å². The fourth-order valence-electron chi connectivity index (χ4n) is 6.97. The third-order valence-electron chi connectivity index (χ3n) is 10.4. The smallest absolute Gasteiger partial charge is 0.267 e. The van der Waals surface area contributed by atoms with Crippen molar-refractivity contribution in [3.05, 3.63) is 24.3 Å². The van der Waals surface area contributed by atoms with E-state index in [2.05, 4.69) is 31.3 Å². The van der Waals surface area contributed by atoms with Crippen LogP contribution in [-0.4, -0.2) is 41.9 Å². The van der Waals surface area contributed by atoms with Gasteiger partial charge in [-0.25, -0.2) is 0 Å². The minimum atomic E-state index is -4.34. The zero-order chi connectivity index (χ0) is 38.2. The van der Waals surface area contributed by atoms with Crippen molar-refractivity contribution in [2.45, 2.75) is 251 Å². The molecule has 308 valence electrons. The molecule has 0 aliphatic heterocycles. The van der Waals surface area contributed by atoms with Gasteiger partial charge in [-0.15, -0.1) is 0 Å². The summed E-state index contributed by atoms with van der Waals surface area (Å²) < 4.78 is 32.6. The van der Waals surface area contributed by atoms with Gasteiger partial charge in [0.1, 0.15) is 0 Å². The number of hydrogen-bond acceptors (Lipinski definition) is 4. The van der Waals surface area contributed by atoms with Gasteiger partial charge in [-0.3, -0.25) is 9.35 Å². The fraction of sp³-hybridized carbons (Fsp3) is 0.889. The van der Waals surface area contributed by atoms with Crippen LogP contribution in [0.15, 0.2) is 24.3 Å². The normalized spacial score (nSPS) is 13.4. The molecule has 52 heavy (non-hydrogen) atoms. The highest BCUT2D eigenvalue weighted by Crippen LogP contribution is 2.16. The van der Waals surface area contributed by atoms with Crippen LogP contribution in [0.5, 0.6) is 0 Å². The Labute approximate surface area is 324 Å². The Morgan fingerprint density at radius 2 is 0.808 bits per heavy atom. The van der Waals surface area contributed by atoms with E-state index in [-0.39, 0.29) is 5.91 Å². The quantitative estimate of drug-likeness (QED) is 0.0328. The Morgan fingerprint density at radius 3 is 1.15 bits per heavy atom. The molecule has 0 aromatic carbocycles. The van der Waals surface area contributed by atoms with Gasteiger partial charge in [0.25, 0.3) is 10.1 Å². The molecule has 0 aromatic rings. The van der Waals surface area contributed by atoms with Gasteiger partial charge in [-0.05, 0) is 44.9 Å². The lowest BCUT2D eigenvalue weighted by atomic mass is 10.0. The van der Waals surface area contributed by atoms with Crippen LogP contribution in [-0.2, 0) is 14.9 Å². The van der Waals surface area contributed by atoms with Crippen LogP contribution in [0.2, 0.25) is 0 Å². The van der Waals surface area contributed by atoms with E-state index >= 15 is 0 Å². The summed E-state index contributed by atoms with van der Waals surface area (Å²) in [6, 6.07) is -1.06. The van der Waals surface area contributed by atoms with Crippen molar-refractivity contribution in [1.82, 2.24) is 5.32 Å². The molecule has 0 aliphatic carbocycles. The Kier molecular flexibility index (Phi) is 38.6. The van der Waals surface area contributed by atoms with Gasteiger partial charge in [0.15, 0.2) is 0 Å². The molecule has 2 unspecified atom stereocenters. The predicted molar refractivity (Wildman–Crippen MR) is 226 cm³/mol. The van der Waals surface area contributed by atoms with Gasteiger partial charge in [-0.1, -0.05) is 212 Å². The van der Waals surface area contributed by atoms with Crippen LogP contribution in [0.1, 0.15) is 239 Å². The largest absolute Gasteiger partial charge is 0.387 e. The molecule has 0 rings (SSSR count). The first-order valence-electron chi connectivity index (χ1n) is 22.5. The second-order valence-corrected chi connectivity index (χ2v) is 17.2. The third kappa shape index (κ3) is 40.0. The standard InChI is InChI=1S/C45H87NO5S/c1-3-5-7-9-11-13-15-17-19-21-22-23-25-26-28-30-32-34-36-38-40-44(47)43(42-52(49,50)51)46-45(48)41-39-37-35-33-31-29-27-24-20-18-16-14-12-10-8-6-4-2/h18,20,38,40,43-44,47H,3-17,19,21-37,39,41-42H2,1-2H3,(H,46,48)(H,49,50,51)/b20-18-,40-38+. The molecule has 0 saturated heterocycles. The van der Waals surface area contributed by atoms with Gasteiger partial charge < -0.3 is 10.4 Å². The van der Waals surface area contributed by atoms with Gasteiger partial charge >= 0.3 is 0 Å². The molecular weight excluding hydrogens is 667 g/mol. The van der Waals surface area contributed by atoms with E-state index in [1.165, 1.54) is 173 Å². The summed E-state index contributed by atoms with van der Waals surface area (Å²) >= 11 is 0. The SMILES string of the molecule is CCCCCCCC/C=C\CCCCCCCCCC(=O)NC(CS(=O)(=O)O)C(O)/C=C/CCCCCCCCCCCCCCCCCCCC. The molecule has 0 heterocycles. The number of aliphatic hydroxyl groups excluding tert-OH is 1. The summed E-state index contributed by atoms with van der Waals surface area (Å²) in [5.74, 6) is -0.977. The van der Waals surface area contributed by atoms with E-state index in [0.717, 1.165) is 44.9 Å². The number of aliphatic hydroxyl groups is 1. The minimum absolute atomic E-state index is 0.280. The molecule has 6 nitrogen and oxygen atoms in total. The molecule has 0 aromatic heterocycles. The summed E-state index contributed by atoms with van der Waals surface area (Å²) in [5, 5.41) is 13.3. The fourth-order valence-corrected chi connectivity index (χ4v) is 7.71. The third-order valence-corrected chi connectivity index (χ3v) is 11.2. The first kappa shape index (κ1) is 50.8. The summed E-state index contributed by atoms with van der Waals surface area (Å²) in [4.78, 5) is 12.5. The first-order valence-corrected chi connectivity index (χ1v) is 24.1. The highest BCUT2D eigenvalue weighted by atomic mass is 32.2. The molecule has 0 saturated carbocycles. The summed E-state index contributed by atoms with van der Waals surface area (Å²) in [7, 11) is -4.34. The molecular formula is C45H87NO5S. The van der Waals surface area contributed by atoms with Crippen LogP contribution in [0.25, 0.3) is 0 Å². The molecule has 0 aliphatic rings. The average Bonchev–Trinajstić information content (AvgIpc) is 3.11. The number of amides is 1. The number of nitrogens with one attached hydrogen (secondary N) is 1.